The number of rotatable bonds is 4. The molecule has 0 radical (unpaired) electrons. The number of hydrogen-bond acceptors (Lipinski definition) is 3. The summed E-state index contributed by atoms with van der Waals surface area (Å²) in [6.07, 6.45) is 0.415. The highest BCUT2D eigenvalue weighted by Gasteiger charge is 2.08. The van der Waals surface area contributed by atoms with Gasteiger partial charge in [-0.3, -0.25) is 4.57 Å². The van der Waals surface area contributed by atoms with Crippen LogP contribution < -0.4 is 10.5 Å². The van der Waals surface area contributed by atoms with E-state index in [1.54, 1.807) is 19.2 Å². The number of hydrogen-bond donors (Lipinski definition) is 2. The minimum Gasteiger partial charge on any atom is -0.497 e. The molecule has 0 aliphatic carbocycles. The highest BCUT2D eigenvalue weighted by Crippen LogP contribution is 2.22. The van der Waals surface area contributed by atoms with Gasteiger partial charge in [0.2, 0.25) is 8.03 Å². The Balaban J connectivity index is 2.64. The van der Waals surface area contributed by atoms with Gasteiger partial charge < -0.3 is 15.4 Å². The largest absolute Gasteiger partial charge is 0.497 e. The first-order chi connectivity index (χ1) is 6.63. The molecule has 78 valence electrons. The molecule has 0 bridgehead atoms. The second-order valence-corrected chi connectivity index (χ2v) is 4.41. The lowest BCUT2D eigenvalue weighted by Gasteiger charge is -2.07. The number of methoxy groups -OCH3 is 1. The second kappa shape index (κ2) is 5.15. The maximum atomic E-state index is 10.7. The Hall–Kier alpha value is -0.830. The van der Waals surface area contributed by atoms with Crippen LogP contribution in [-0.4, -0.2) is 17.8 Å². The van der Waals surface area contributed by atoms with Gasteiger partial charge in [0.1, 0.15) is 5.75 Å². The number of ether oxygens (including phenoxy) is 1. The van der Waals surface area contributed by atoms with E-state index in [0.29, 0.717) is 6.42 Å². The monoisotopic (exact) mass is 215 g/mol. The summed E-state index contributed by atoms with van der Waals surface area (Å²) in [6, 6.07) is 7.28. The van der Waals surface area contributed by atoms with Crippen molar-refractivity contribution in [3.63, 3.8) is 0 Å². The highest BCUT2D eigenvalue weighted by atomic mass is 31.1. The van der Waals surface area contributed by atoms with Gasteiger partial charge >= 0.3 is 0 Å². The predicted octanol–water partition coefficient (Wildman–Crippen LogP) is 0.989. The van der Waals surface area contributed by atoms with Gasteiger partial charge in [0.05, 0.1) is 12.9 Å². The molecule has 2 atom stereocenters. The normalized spacial score (nSPS) is 14.8. The Labute approximate surface area is 83.6 Å². The first-order valence-corrected chi connectivity index (χ1v) is 5.68. The Bertz CT molecular complexity index is 312. The summed E-state index contributed by atoms with van der Waals surface area (Å²) in [5, 5.41) is 0. The maximum Gasteiger partial charge on any atom is 0.205 e. The molecule has 1 aromatic carbocycles. The molecule has 1 rings (SSSR count). The first kappa shape index (κ1) is 11.2. The van der Waals surface area contributed by atoms with Gasteiger partial charge in [-0.05, 0) is 24.1 Å². The lowest BCUT2D eigenvalue weighted by atomic mass is 10.1. The van der Waals surface area contributed by atoms with Crippen molar-refractivity contribution in [3.05, 3.63) is 29.8 Å². The van der Waals surface area contributed by atoms with Crippen LogP contribution in [0.4, 0.5) is 0 Å². The van der Waals surface area contributed by atoms with Crippen molar-refractivity contribution in [1.82, 2.24) is 0 Å². The van der Waals surface area contributed by atoms with Crippen molar-refractivity contribution in [2.24, 2.45) is 5.73 Å². The molecule has 0 fully saturated rings. The zero-order valence-electron chi connectivity index (χ0n) is 7.93. The highest BCUT2D eigenvalue weighted by molar-refractivity contribution is 7.38. The van der Waals surface area contributed by atoms with E-state index in [2.05, 4.69) is 0 Å². The zero-order valence-corrected chi connectivity index (χ0v) is 8.93. The van der Waals surface area contributed by atoms with E-state index in [1.807, 2.05) is 12.1 Å². The fraction of sp³-hybridized carbons (Fsp3) is 0.333. The molecule has 5 heteroatoms. The molecule has 0 saturated heterocycles. The Morgan fingerprint density at radius 1 is 1.50 bits per heavy atom. The van der Waals surface area contributed by atoms with E-state index in [9.17, 15) is 4.57 Å². The van der Waals surface area contributed by atoms with Crippen LogP contribution in [0.5, 0.6) is 5.75 Å². The molecule has 4 nitrogen and oxygen atoms in total. The molecule has 0 aromatic heterocycles. The van der Waals surface area contributed by atoms with E-state index < -0.39 is 13.8 Å². The van der Waals surface area contributed by atoms with E-state index >= 15 is 0 Å². The molecular weight excluding hydrogens is 201 g/mol. The number of nitrogens with two attached hydrogens (primary N) is 1. The molecule has 0 heterocycles. The van der Waals surface area contributed by atoms with Gasteiger partial charge in [-0.25, -0.2) is 0 Å². The number of benzene rings is 1. The van der Waals surface area contributed by atoms with Gasteiger partial charge in [-0.2, -0.15) is 0 Å². The van der Waals surface area contributed by atoms with Gasteiger partial charge in [0.25, 0.3) is 0 Å². The summed E-state index contributed by atoms with van der Waals surface area (Å²) in [5.74, 6) is 0.104. The Morgan fingerprint density at radius 3 is 2.50 bits per heavy atom. The van der Waals surface area contributed by atoms with Crippen LogP contribution in [0.3, 0.4) is 0 Å². The molecule has 1 aromatic rings. The molecule has 0 amide bonds. The molecule has 0 saturated carbocycles. The summed E-state index contributed by atoms with van der Waals surface area (Å²) in [7, 11) is -1.04. The van der Waals surface area contributed by atoms with Crippen LogP contribution in [0.2, 0.25) is 0 Å². The van der Waals surface area contributed by atoms with E-state index in [4.69, 9.17) is 15.4 Å². The van der Waals surface area contributed by atoms with Crippen molar-refractivity contribution >= 4 is 8.03 Å². The minimum absolute atomic E-state index is 0.415. The SMILES string of the molecule is COc1ccc(CC(N)[PH](=O)O)cc1. The molecule has 0 spiro atoms. The molecule has 0 aliphatic heterocycles. The van der Waals surface area contributed by atoms with E-state index in [1.165, 1.54) is 0 Å². The summed E-state index contributed by atoms with van der Waals surface area (Å²) in [6.45, 7) is 0. The first-order valence-electron chi connectivity index (χ1n) is 4.25. The standard InChI is InChI=1S/C9H14NO3P/c1-13-8-4-2-7(3-5-8)6-9(10)14(11)12/h2-5,9,14H,6,10H2,1H3,(H,11,12). The fourth-order valence-electron chi connectivity index (χ4n) is 1.10. The third-order valence-corrected chi connectivity index (χ3v) is 2.77. The van der Waals surface area contributed by atoms with Crippen LogP contribution in [-0.2, 0) is 11.0 Å². The zero-order chi connectivity index (χ0) is 10.6. The van der Waals surface area contributed by atoms with Crippen LogP contribution in [0.1, 0.15) is 5.56 Å². The quantitative estimate of drug-likeness (QED) is 0.734. The topological polar surface area (TPSA) is 72.5 Å². The van der Waals surface area contributed by atoms with Gasteiger partial charge in [0, 0.05) is 0 Å². The summed E-state index contributed by atoms with van der Waals surface area (Å²) in [4.78, 5) is 8.78. The Kier molecular flexibility index (Phi) is 4.14. The van der Waals surface area contributed by atoms with Crippen LogP contribution in [0.25, 0.3) is 0 Å². The third kappa shape index (κ3) is 3.14. The van der Waals surface area contributed by atoms with Crippen molar-refractivity contribution in [1.29, 1.82) is 0 Å². The Morgan fingerprint density at radius 2 is 2.07 bits per heavy atom. The van der Waals surface area contributed by atoms with Crippen LogP contribution in [0.15, 0.2) is 24.3 Å². The third-order valence-electron chi connectivity index (χ3n) is 1.93. The molecule has 3 N–H and O–H groups in total. The lowest BCUT2D eigenvalue weighted by Crippen LogP contribution is -2.17. The minimum atomic E-state index is -2.63. The average molecular weight is 215 g/mol. The molecule has 14 heavy (non-hydrogen) atoms. The fourth-order valence-corrected chi connectivity index (χ4v) is 1.51. The van der Waals surface area contributed by atoms with Crippen LogP contribution >= 0.6 is 8.03 Å². The van der Waals surface area contributed by atoms with Crippen molar-refractivity contribution in [2.45, 2.75) is 12.2 Å². The lowest BCUT2D eigenvalue weighted by molar-refractivity contribution is 0.414. The molecule has 0 aliphatic rings. The van der Waals surface area contributed by atoms with Gasteiger partial charge in [-0.1, -0.05) is 12.1 Å². The molecular formula is C9H14NO3P. The summed E-state index contributed by atoms with van der Waals surface area (Å²) < 4.78 is 15.6. The van der Waals surface area contributed by atoms with Gasteiger partial charge in [0.15, 0.2) is 0 Å². The van der Waals surface area contributed by atoms with Crippen molar-refractivity contribution < 1.29 is 14.2 Å². The van der Waals surface area contributed by atoms with Crippen molar-refractivity contribution in [3.8, 4) is 5.75 Å². The van der Waals surface area contributed by atoms with Gasteiger partial charge in [-0.15, -0.1) is 0 Å². The van der Waals surface area contributed by atoms with Crippen LogP contribution in [0, 0.1) is 0 Å². The van der Waals surface area contributed by atoms with E-state index in [-0.39, 0.29) is 0 Å². The summed E-state index contributed by atoms with van der Waals surface area (Å²) >= 11 is 0. The molecule has 2 unspecified atom stereocenters. The van der Waals surface area contributed by atoms with Crippen molar-refractivity contribution in [2.75, 3.05) is 7.11 Å². The summed E-state index contributed by atoms with van der Waals surface area (Å²) in [5.41, 5.74) is 6.41. The second-order valence-electron chi connectivity index (χ2n) is 3.00. The smallest absolute Gasteiger partial charge is 0.205 e. The average Bonchev–Trinajstić information content (AvgIpc) is 2.19. The van der Waals surface area contributed by atoms with E-state index in [0.717, 1.165) is 11.3 Å². The predicted molar refractivity (Wildman–Crippen MR) is 55.9 cm³/mol. The maximum absolute atomic E-state index is 10.7.